The average molecular weight is 456 g/mol. The maximum Gasteiger partial charge on any atom is 0.248 e. The summed E-state index contributed by atoms with van der Waals surface area (Å²) in [5.41, 5.74) is 8.34. The molecule has 2 fully saturated rings. The topological polar surface area (TPSA) is 90.6 Å². The quantitative estimate of drug-likeness (QED) is 0.647. The number of halogens is 1. The molecule has 0 spiro atoms. The van der Waals surface area contributed by atoms with Crippen molar-refractivity contribution >= 4 is 40.4 Å². The Balaban J connectivity index is 1.49. The fourth-order valence-corrected chi connectivity index (χ4v) is 4.53. The molecule has 8 nitrogen and oxygen atoms in total. The molecule has 0 saturated carbocycles. The van der Waals surface area contributed by atoms with Crippen molar-refractivity contribution in [2.24, 2.45) is 5.73 Å². The van der Waals surface area contributed by atoms with Gasteiger partial charge in [0.25, 0.3) is 0 Å². The van der Waals surface area contributed by atoms with Crippen molar-refractivity contribution in [1.82, 2.24) is 19.8 Å². The number of nitrogens with one attached hydrogen (secondary N) is 1. The van der Waals surface area contributed by atoms with Crippen LogP contribution in [0.4, 0.5) is 17.3 Å². The van der Waals surface area contributed by atoms with Crippen molar-refractivity contribution in [1.29, 1.82) is 0 Å². The number of benzene rings is 1. The Morgan fingerprint density at radius 2 is 1.78 bits per heavy atom. The molecule has 1 aromatic carbocycles. The van der Waals surface area contributed by atoms with Gasteiger partial charge in [-0.1, -0.05) is 18.2 Å². The van der Waals surface area contributed by atoms with E-state index in [1.54, 1.807) is 0 Å². The summed E-state index contributed by atoms with van der Waals surface area (Å²) in [4.78, 5) is 27.6. The van der Waals surface area contributed by atoms with Crippen molar-refractivity contribution in [3.8, 4) is 0 Å². The van der Waals surface area contributed by atoms with E-state index in [-0.39, 0.29) is 0 Å². The SMILES string of the molecule is C=C(C(N)=O)c1cc(Nc2ncc(Cl)cn2)ccc1N1CCC(N2CCN(C)CC2)CC1. The van der Waals surface area contributed by atoms with Gasteiger partial charge in [0.05, 0.1) is 17.4 Å². The molecule has 9 heteroatoms. The van der Waals surface area contributed by atoms with E-state index in [9.17, 15) is 4.79 Å². The molecule has 32 heavy (non-hydrogen) atoms. The van der Waals surface area contributed by atoms with Crippen LogP contribution in [0, 0.1) is 0 Å². The number of anilines is 3. The van der Waals surface area contributed by atoms with Crippen LogP contribution in [-0.2, 0) is 4.79 Å². The van der Waals surface area contributed by atoms with E-state index < -0.39 is 5.91 Å². The number of hydrogen-bond donors (Lipinski definition) is 2. The van der Waals surface area contributed by atoms with Crippen LogP contribution in [0.3, 0.4) is 0 Å². The van der Waals surface area contributed by atoms with Crippen molar-refractivity contribution in [3.05, 3.63) is 47.8 Å². The van der Waals surface area contributed by atoms with Crippen LogP contribution in [0.15, 0.2) is 37.2 Å². The standard InChI is InChI=1S/C23H30ClN7O/c1-16(22(25)32)20-13-18(28-23-26-14-17(24)15-27-23)3-4-21(20)31-7-5-19(6-8-31)30-11-9-29(2)10-12-30/h3-4,13-15,19H,1,5-12H2,2H3,(H2,25,32)(H,26,27,28). The number of carbonyl (C=O) groups excluding carboxylic acids is 1. The van der Waals surface area contributed by atoms with Gasteiger partial charge in [0.1, 0.15) is 0 Å². The van der Waals surface area contributed by atoms with Crippen molar-refractivity contribution < 1.29 is 4.79 Å². The van der Waals surface area contributed by atoms with Gasteiger partial charge >= 0.3 is 0 Å². The number of aromatic nitrogens is 2. The number of amides is 1. The maximum absolute atomic E-state index is 12.0. The highest BCUT2D eigenvalue weighted by molar-refractivity contribution is 6.30. The molecule has 1 aromatic heterocycles. The summed E-state index contributed by atoms with van der Waals surface area (Å²) in [6.45, 7) is 10.4. The van der Waals surface area contributed by atoms with Gasteiger partial charge < -0.3 is 20.9 Å². The fourth-order valence-electron chi connectivity index (χ4n) is 4.43. The van der Waals surface area contributed by atoms with Gasteiger partial charge in [0.15, 0.2) is 0 Å². The highest BCUT2D eigenvalue weighted by Gasteiger charge is 2.28. The lowest BCUT2D eigenvalue weighted by molar-refractivity contribution is -0.112. The lowest BCUT2D eigenvalue weighted by atomic mass is 9.98. The van der Waals surface area contributed by atoms with Crippen molar-refractivity contribution in [2.45, 2.75) is 18.9 Å². The predicted molar refractivity (Wildman–Crippen MR) is 129 cm³/mol. The molecule has 1 amide bonds. The monoisotopic (exact) mass is 455 g/mol. The van der Waals surface area contributed by atoms with E-state index in [1.807, 2.05) is 18.2 Å². The molecular formula is C23H30ClN7O. The Morgan fingerprint density at radius 3 is 2.41 bits per heavy atom. The molecule has 4 rings (SSSR count). The molecule has 2 aliphatic heterocycles. The van der Waals surface area contributed by atoms with E-state index >= 15 is 0 Å². The van der Waals surface area contributed by atoms with Crippen LogP contribution in [-0.4, -0.2) is 78.0 Å². The molecule has 0 bridgehead atoms. The van der Waals surface area contributed by atoms with Crippen molar-refractivity contribution in [2.75, 3.05) is 56.5 Å². The largest absolute Gasteiger partial charge is 0.371 e. The zero-order valence-corrected chi connectivity index (χ0v) is 19.2. The summed E-state index contributed by atoms with van der Waals surface area (Å²) >= 11 is 5.86. The average Bonchev–Trinajstić information content (AvgIpc) is 2.81. The maximum atomic E-state index is 12.0. The molecule has 0 unspecified atom stereocenters. The third-order valence-electron chi connectivity index (χ3n) is 6.36. The number of carbonyl (C=O) groups is 1. The summed E-state index contributed by atoms with van der Waals surface area (Å²) in [7, 11) is 2.19. The van der Waals surface area contributed by atoms with Crippen LogP contribution in [0.5, 0.6) is 0 Å². The minimum atomic E-state index is -0.529. The summed E-state index contributed by atoms with van der Waals surface area (Å²) in [5, 5.41) is 3.61. The number of hydrogen-bond acceptors (Lipinski definition) is 7. The number of piperazine rings is 1. The second-order valence-electron chi connectivity index (χ2n) is 8.48. The number of nitrogens with zero attached hydrogens (tertiary/aromatic N) is 5. The van der Waals surface area contributed by atoms with Gasteiger partial charge in [-0.05, 0) is 38.1 Å². The lowest BCUT2D eigenvalue weighted by Gasteiger charge is -2.43. The Morgan fingerprint density at radius 1 is 1.12 bits per heavy atom. The molecular weight excluding hydrogens is 426 g/mol. The Hall–Kier alpha value is -2.68. The van der Waals surface area contributed by atoms with Crippen LogP contribution in [0.1, 0.15) is 18.4 Å². The first-order chi connectivity index (χ1) is 15.4. The number of primary amides is 1. The second kappa shape index (κ2) is 9.85. The minimum Gasteiger partial charge on any atom is -0.371 e. The summed E-state index contributed by atoms with van der Waals surface area (Å²) < 4.78 is 0. The van der Waals surface area contributed by atoms with Gasteiger partial charge in [-0.2, -0.15) is 0 Å². The van der Waals surface area contributed by atoms with Crippen LogP contribution < -0.4 is 16.0 Å². The normalized spacial score (nSPS) is 18.5. The van der Waals surface area contributed by atoms with Gasteiger partial charge in [0, 0.05) is 67.8 Å². The zero-order chi connectivity index (χ0) is 22.7. The molecule has 3 heterocycles. The predicted octanol–water partition coefficient (Wildman–Crippen LogP) is 2.59. The van der Waals surface area contributed by atoms with Crippen molar-refractivity contribution in [3.63, 3.8) is 0 Å². The number of piperidine rings is 1. The minimum absolute atomic E-state index is 0.293. The number of nitrogens with two attached hydrogens (primary N) is 1. The number of rotatable bonds is 6. The molecule has 0 atom stereocenters. The number of likely N-dealkylation sites (N-methyl/N-ethyl adjacent to an activating group) is 1. The first-order valence-electron chi connectivity index (χ1n) is 11.0. The summed E-state index contributed by atoms with van der Waals surface area (Å²) in [6.07, 6.45) is 5.26. The molecule has 2 aliphatic rings. The smallest absolute Gasteiger partial charge is 0.248 e. The van der Waals surface area contributed by atoms with Crippen LogP contribution >= 0.6 is 11.6 Å². The fraction of sp³-hybridized carbons (Fsp3) is 0.435. The molecule has 0 aliphatic carbocycles. The summed E-state index contributed by atoms with van der Waals surface area (Å²) in [5.74, 6) is -0.107. The van der Waals surface area contributed by atoms with E-state index in [0.29, 0.717) is 22.6 Å². The third-order valence-corrected chi connectivity index (χ3v) is 6.55. The van der Waals surface area contributed by atoms with E-state index in [0.717, 1.165) is 69.0 Å². The highest BCUT2D eigenvalue weighted by Crippen LogP contribution is 2.33. The molecule has 2 aromatic rings. The molecule has 3 N–H and O–H groups in total. The highest BCUT2D eigenvalue weighted by atomic mass is 35.5. The first-order valence-corrected chi connectivity index (χ1v) is 11.3. The van der Waals surface area contributed by atoms with Crippen LogP contribution in [0.2, 0.25) is 5.02 Å². The molecule has 0 radical (unpaired) electrons. The van der Waals surface area contributed by atoms with Gasteiger partial charge in [0.2, 0.25) is 11.9 Å². The second-order valence-corrected chi connectivity index (χ2v) is 8.92. The van der Waals surface area contributed by atoms with E-state index in [4.69, 9.17) is 17.3 Å². The van der Waals surface area contributed by atoms with E-state index in [1.165, 1.54) is 12.4 Å². The first kappa shape index (κ1) is 22.5. The molecule has 2 saturated heterocycles. The third kappa shape index (κ3) is 5.20. The zero-order valence-electron chi connectivity index (χ0n) is 18.4. The van der Waals surface area contributed by atoms with Gasteiger partial charge in [-0.3, -0.25) is 9.69 Å². The Bertz CT molecular complexity index is 965. The molecule has 170 valence electrons. The van der Waals surface area contributed by atoms with Gasteiger partial charge in [-0.15, -0.1) is 0 Å². The Kier molecular flexibility index (Phi) is 6.93. The van der Waals surface area contributed by atoms with Crippen LogP contribution in [0.25, 0.3) is 5.57 Å². The summed E-state index contributed by atoms with van der Waals surface area (Å²) in [6, 6.07) is 6.47. The lowest BCUT2D eigenvalue weighted by Crippen LogP contribution is -2.52. The van der Waals surface area contributed by atoms with E-state index in [2.05, 4.69) is 43.6 Å². The van der Waals surface area contributed by atoms with Gasteiger partial charge in [-0.25, -0.2) is 9.97 Å². The Labute approximate surface area is 194 Å².